The molecule has 1 saturated carbocycles. The second-order valence-electron chi connectivity index (χ2n) is 5.17. The number of hydrogen-bond acceptors (Lipinski definition) is 2. The van der Waals surface area contributed by atoms with Crippen molar-refractivity contribution in [1.29, 1.82) is 0 Å². The largest absolute Gasteiger partial charge is 0.395 e. The molecule has 0 aliphatic heterocycles. The monoisotopic (exact) mass is 171 g/mol. The lowest BCUT2D eigenvalue weighted by Gasteiger charge is -2.08. The lowest BCUT2D eigenvalue weighted by Crippen LogP contribution is -2.25. The topological polar surface area (TPSA) is 46.2 Å². The minimum Gasteiger partial charge on any atom is -0.395 e. The van der Waals surface area contributed by atoms with E-state index in [1.165, 1.54) is 0 Å². The predicted molar refractivity (Wildman–Crippen MR) is 50.7 cm³/mol. The molecule has 0 aromatic rings. The molecule has 2 heteroatoms. The van der Waals surface area contributed by atoms with Crippen molar-refractivity contribution in [2.24, 2.45) is 22.5 Å². The van der Waals surface area contributed by atoms with Crippen LogP contribution in [0.3, 0.4) is 0 Å². The van der Waals surface area contributed by atoms with Crippen LogP contribution in [0.1, 0.15) is 34.1 Å². The molecule has 3 N–H and O–H groups in total. The molecule has 1 fully saturated rings. The molecule has 12 heavy (non-hydrogen) atoms. The van der Waals surface area contributed by atoms with Crippen LogP contribution in [0.5, 0.6) is 0 Å². The third-order valence-corrected chi connectivity index (χ3v) is 4.09. The van der Waals surface area contributed by atoms with E-state index in [-0.39, 0.29) is 12.6 Å². The van der Waals surface area contributed by atoms with Gasteiger partial charge in [-0.1, -0.05) is 27.7 Å². The Morgan fingerprint density at radius 2 is 1.67 bits per heavy atom. The van der Waals surface area contributed by atoms with Gasteiger partial charge in [0.25, 0.3) is 0 Å². The Morgan fingerprint density at radius 3 is 1.92 bits per heavy atom. The van der Waals surface area contributed by atoms with Gasteiger partial charge in [0.2, 0.25) is 0 Å². The molecular weight excluding hydrogens is 150 g/mol. The highest BCUT2D eigenvalue weighted by atomic mass is 16.3. The summed E-state index contributed by atoms with van der Waals surface area (Å²) >= 11 is 0. The van der Waals surface area contributed by atoms with Gasteiger partial charge < -0.3 is 10.8 Å². The van der Waals surface area contributed by atoms with Crippen molar-refractivity contribution in [1.82, 2.24) is 0 Å². The SMILES string of the molecule is CC1(C)C(CC(N)CO)C1(C)C. The predicted octanol–water partition coefficient (Wildman–Crippen LogP) is 1.38. The van der Waals surface area contributed by atoms with E-state index in [0.29, 0.717) is 16.7 Å². The van der Waals surface area contributed by atoms with Gasteiger partial charge in [-0.25, -0.2) is 0 Å². The maximum absolute atomic E-state index is 8.83. The van der Waals surface area contributed by atoms with Gasteiger partial charge in [0, 0.05) is 6.04 Å². The number of aliphatic hydroxyl groups excluding tert-OH is 1. The first-order chi connectivity index (χ1) is 5.34. The van der Waals surface area contributed by atoms with Crippen LogP contribution in [0.25, 0.3) is 0 Å². The molecule has 1 aliphatic carbocycles. The van der Waals surface area contributed by atoms with Crippen LogP contribution in [0, 0.1) is 16.7 Å². The maximum Gasteiger partial charge on any atom is 0.0582 e. The molecule has 0 aromatic heterocycles. The summed E-state index contributed by atoms with van der Waals surface area (Å²) in [7, 11) is 0. The van der Waals surface area contributed by atoms with E-state index < -0.39 is 0 Å². The zero-order valence-electron chi connectivity index (χ0n) is 8.59. The van der Waals surface area contributed by atoms with Crippen LogP contribution < -0.4 is 5.73 Å². The molecule has 2 nitrogen and oxygen atoms in total. The van der Waals surface area contributed by atoms with E-state index in [0.717, 1.165) is 6.42 Å². The molecule has 0 spiro atoms. The van der Waals surface area contributed by atoms with Crippen molar-refractivity contribution in [3.63, 3.8) is 0 Å². The molecule has 0 amide bonds. The van der Waals surface area contributed by atoms with Crippen LogP contribution in [0.15, 0.2) is 0 Å². The van der Waals surface area contributed by atoms with E-state index in [1.54, 1.807) is 0 Å². The van der Waals surface area contributed by atoms with Crippen molar-refractivity contribution >= 4 is 0 Å². The van der Waals surface area contributed by atoms with Crippen molar-refractivity contribution in [3.8, 4) is 0 Å². The normalized spacial score (nSPS) is 28.5. The first-order valence-corrected chi connectivity index (χ1v) is 4.70. The Labute approximate surface area is 75.2 Å². The van der Waals surface area contributed by atoms with Crippen LogP contribution in [0.4, 0.5) is 0 Å². The van der Waals surface area contributed by atoms with Gasteiger partial charge in [-0.3, -0.25) is 0 Å². The van der Waals surface area contributed by atoms with Gasteiger partial charge >= 0.3 is 0 Å². The fraction of sp³-hybridized carbons (Fsp3) is 1.00. The zero-order chi connectivity index (χ0) is 9.57. The van der Waals surface area contributed by atoms with E-state index in [2.05, 4.69) is 27.7 Å². The molecule has 1 unspecified atom stereocenters. The van der Waals surface area contributed by atoms with Gasteiger partial charge in [-0.15, -0.1) is 0 Å². The van der Waals surface area contributed by atoms with Crippen molar-refractivity contribution in [3.05, 3.63) is 0 Å². The van der Waals surface area contributed by atoms with Gasteiger partial charge in [-0.05, 0) is 23.2 Å². The van der Waals surface area contributed by atoms with Gasteiger partial charge in [0.15, 0.2) is 0 Å². The molecule has 0 radical (unpaired) electrons. The molecule has 0 bridgehead atoms. The molecule has 1 rings (SSSR count). The Hall–Kier alpha value is -0.0800. The molecule has 0 aromatic carbocycles. The summed E-state index contributed by atoms with van der Waals surface area (Å²) in [4.78, 5) is 0. The summed E-state index contributed by atoms with van der Waals surface area (Å²) in [5.74, 6) is 0.673. The van der Waals surface area contributed by atoms with Gasteiger partial charge in [0.1, 0.15) is 0 Å². The lowest BCUT2D eigenvalue weighted by atomic mass is 10.0. The molecule has 0 saturated heterocycles. The summed E-state index contributed by atoms with van der Waals surface area (Å²) in [5.41, 5.74) is 6.51. The van der Waals surface area contributed by atoms with E-state index in [1.807, 2.05) is 0 Å². The smallest absolute Gasteiger partial charge is 0.0582 e. The highest BCUT2D eigenvalue weighted by Gasteiger charge is 2.64. The minimum atomic E-state index is -0.0314. The summed E-state index contributed by atoms with van der Waals surface area (Å²) in [6, 6.07) is -0.0314. The highest BCUT2D eigenvalue weighted by molar-refractivity contribution is 5.12. The van der Waals surface area contributed by atoms with Crippen LogP contribution in [0.2, 0.25) is 0 Å². The average Bonchev–Trinajstić information content (AvgIpc) is 2.32. The zero-order valence-corrected chi connectivity index (χ0v) is 8.59. The third-order valence-electron chi connectivity index (χ3n) is 4.09. The van der Waals surface area contributed by atoms with E-state index >= 15 is 0 Å². The van der Waals surface area contributed by atoms with Crippen LogP contribution in [-0.2, 0) is 0 Å². The highest BCUT2D eigenvalue weighted by Crippen LogP contribution is 2.69. The Morgan fingerprint density at radius 1 is 1.25 bits per heavy atom. The van der Waals surface area contributed by atoms with Crippen LogP contribution in [-0.4, -0.2) is 17.8 Å². The Balaban J connectivity index is 2.48. The standard InChI is InChI=1S/C10H21NO/c1-9(2)8(10(9,3)4)5-7(11)6-12/h7-8,12H,5-6,11H2,1-4H3. The van der Waals surface area contributed by atoms with Crippen molar-refractivity contribution < 1.29 is 5.11 Å². The summed E-state index contributed by atoms with van der Waals surface area (Å²) in [6.07, 6.45) is 0.955. The van der Waals surface area contributed by atoms with Gasteiger partial charge in [-0.2, -0.15) is 0 Å². The lowest BCUT2D eigenvalue weighted by molar-refractivity contribution is 0.250. The fourth-order valence-electron chi connectivity index (χ4n) is 2.30. The minimum absolute atomic E-state index is 0.0314. The van der Waals surface area contributed by atoms with Gasteiger partial charge in [0.05, 0.1) is 6.61 Å². The molecule has 1 aliphatic rings. The Kier molecular flexibility index (Phi) is 2.26. The number of aliphatic hydroxyl groups is 1. The first-order valence-electron chi connectivity index (χ1n) is 4.70. The molecular formula is C10H21NO. The number of nitrogens with two attached hydrogens (primary N) is 1. The van der Waals surface area contributed by atoms with E-state index in [9.17, 15) is 0 Å². The number of rotatable bonds is 3. The van der Waals surface area contributed by atoms with Crippen molar-refractivity contribution in [2.45, 2.75) is 40.2 Å². The first kappa shape index (κ1) is 10.0. The third kappa shape index (κ3) is 1.27. The molecule has 72 valence electrons. The summed E-state index contributed by atoms with van der Waals surface area (Å²) in [5, 5.41) is 8.83. The molecule has 1 atom stereocenters. The molecule has 0 heterocycles. The number of hydrogen-bond donors (Lipinski definition) is 2. The fourth-order valence-corrected chi connectivity index (χ4v) is 2.30. The quantitative estimate of drug-likeness (QED) is 0.674. The second kappa shape index (κ2) is 2.71. The second-order valence-corrected chi connectivity index (χ2v) is 5.17. The summed E-state index contributed by atoms with van der Waals surface area (Å²) < 4.78 is 0. The van der Waals surface area contributed by atoms with E-state index in [4.69, 9.17) is 10.8 Å². The van der Waals surface area contributed by atoms with Crippen LogP contribution >= 0.6 is 0 Å². The summed E-state index contributed by atoms with van der Waals surface area (Å²) in [6.45, 7) is 9.23. The Bertz CT molecular complexity index is 161. The average molecular weight is 171 g/mol. The maximum atomic E-state index is 8.83. The van der Waals surface area contributed by atoms with Crippen molar-refractivity contribution in [2.75, 3.05) is 6.61 Å².